The van der Waals surface area contributed by atoms with Crippen LogP contribution in [0.4, 0.5) is 0 Å². The molecule has 0 bridgehead atoms. The first-order chi connectivity index (χ1) is 13.1. The number of rotatable bonds is 10. The second-order valence-electron chi connectivity index (χ2n) is 9.24. The van der Waals surface area contributed by atoms with Gasteiger partial charge in [0.15, 0.2) is 11.6 Å². The van der Waals surface area contributed by atoms with Gasteiger partial charge in [-0.2, -0.15) is 10.2 Å². The number of aryl methyl sites for hydroxylation is 1. The van der Waals surface area contributed by atoms with Crippen molar-refractivity contribution >= 4 is 0 Å². The molecule has 0 aromatic carbocycles. The Balaban J connectivity index is 2.10. The lowest BCUT2D eigenvalue weighted by Gasteiger charge is -2.15. The van der Waals surface area contributed by atoms with Crippen LogP contribution >= 0.6 is 0 Å². The van der Waals surface area contributed by atoms with Gasteiger partial charge in [0.2, 0.25) is 0 Å². The zero-order valence-corrected chi connectivity index (χ0v) is 19.4. The van der Waals surface area contributed by atoms with Crippen LogP contribution in [0.5, 0.6) is 0 Å². The summed E-state index contributed by atoms with van der Waals surface area (Å²) < 4.78 is 4.18. The SMILES string of the molecule is CCn1nc(C(C)CCC(C)c2nc(C(C)C)nn2CC(C)C)nc1C(C)C. The van der Waals surface area contributed by atoms with E-state index in [0.29, 0.717) is 29.6 Å². The van der Waals surface area contributed by atoms with Gasteiger partial charge < -0.3 is 0 Å². The Hall–Kier alpha value is -1.72. The first kappa shape index (κ1) is 22.6. The van der Waals surface area contributed by atoms with Crippen molar-refractivity contribution in [3.63, 3.8) is 0 Å². The molecule has 28 heavy (non-hydrogen) atoms. The normalized spacial score (nSPS) is 14.4. The van der Waals surface area contributed by atoms with Crippen LogP contribution in [-0.2, 0) is 13.1 Å². The van der Waals surface area contributed by atoms with Crippen molar-refractivity contribution in [2.45, 2.75) is 112 Å². The number of aromatic nitrogens is 6. The van der Waals surface area contributed by atoms with Gasteiger partial charge in [-0.1, -0.05) is 55.4 Å². The first-order valence-corrected chi connectivity index (χ1v) is 11.0. The van der Waals surface area contributed by atoms with Crippen molar-refractivity contribution in [3.8, 4) is 0 Å². The van der Waals surface area contributed by atoms with E-state index in [1.54, 1.807) is 0 Å². The minimum absolute atomic E-state index is 0.346. The van der Waals surface area contributed by atoms with Gasteiger partial charge in [-0.05, 0) is 25.7 Å². The maximum absolute atomic E-state index is 4.88. The van der Waals surface area contributed by atoms with Gasteiger partial charge in [-0.25, -0.2) is 19.3 Å². The van der Waals surface area contributed by atoms with Crippen LogP contribution < -0.4 is 0 Å². The third kappa shape index (κ3) is 5.42. The minimum atomic E-state index is 0.346. The number of hydrogen-bond acceptors (Lipinski definition) is 4. The van der Waals surface area contributed by atoms with Crippen LogP contribution in [-0.4, -0.2) is 29.5 Å². The van der Waals surface area contributed by atoms with E-state index in [4.69, 9.17) is 20.2 Å². The molecule has 2 atom stereocenters. The van der Waals surface area contributed by atoms with Gasteiger partial charge in [0.1, 0.15) is 11.6 Å². The predicted molar refractivity (Wildman–Crippen MR) is 115 cm³/mol. The summed E-state index contributed by atoms with van der Waals surface area (Å²) in [6, 6.07) is 0. The highest BCUT2D eigenvalue weighted by atomic mass is 15.4. The molecule has 0 aliphatic rings. The molecule has 0 radical (unpaired) electrons. The molecular formula is C22H40N6. The fourth-order valence-corrected chi connectivity index (χ4v) is 3.46. The highest BCUT2D eigenvalue weighted by Gasteiger charge is 2.21. The van der Waals surface area contributed by atoms with Crippen LogP contribution in [0.15, 0.2) is 0 Å². The minimum Gasteiger partial charge on any atom is -0.250 e. The molecule has 6 nitrogen and oxygen atoms in total. The largest absolute Gasteiger partial charge is 0.250 e. The molecule has 0 N–H and O–H groups in total. The fourth-order valence-electron chi connectivity index (χ4n) is 3.46. The maximum Gasteiger partial charge on any atom is 0.153 e. The highest BCUT2D eigenvalue weighted by molar-refractivity contribution is 5.05. The van der Waals surface area contributed by atoms with Gasteiger partial charge in [0.25, 0.3) is 0 Å². The van der Waals surface area contributed by atoms with Crippen molar-refractivity contribution in [2.24, 2.45) is 5.92 Å². The van der Waals surface area contributed by atoms with Crippen molar-refractivity contribution in [1.82, 2.24) is 29.5 Å². The summed E-state index contributed by atoms with van der Waals surface area (Å²) in [7, 11) is 0. The van der Waals surface area contributed by atoms with E-state index >= 15 is 0 Å². The monoisotopic (exact) mass is 388 g/mol. The van der Waals surface area contributed by atoms with E-state index in [0.717, 1.165) is 49.2 Å². The second-order valence-corrected chi connectivity index (χ2v) is 9.24. The Morgan fingerprint density at radius 2 is 1.25 bits per heavy atom. The topological polar surface area (TPSA) is 61.4 Å². The summed E-state index contributed by atoms with van der Waals surface area (Å²) in [4.78, 5) is 9.72. The van der Waals surface area contributed by atoms with Crippen molar-refractivity contribution in [1.29, 1.82) is 0 Å². The molecule has 0 saturated heterocycles. The van der Waals surface area contributed by atoms with E-state index in [1.165, 1.54) is 0 Å². The predicted octanol–water partition coefficient (Wildman–Crippen LogP) is 5.48. The van der Waals surface area contributed by atoms with Crippen molar-refractivity contribution in [2.75, 3.05) is 0 Å². The standard InChI is InChI=1S/C22H40N6/c1-10-27-21(16(6)7)24-20(26-27)17(8)11-12-18(9)22-23-19(15(4)5)25-28(22)13-14(2)3/h14-18H,10-13H2,1-9H3. The van der Waals surface area contributed by atoms with E-state index in [2.05, 4.69) is 67.0 Å². The lowest BCUT2D eigenvalue weighted by molar-refractivity contribution is 0.439. The number of hydrogen-bond donors (Lipinski definition) is 0. The average molecular weight is 389 g/mol. The average Bonchev–Trinajstić information content (AvgIpc) is 3.23. The third-order valence-corrected chi connectivity index (χ3v) is 5.22. The van der Waals surface area contributed by atoms with E-state index < -0.39 is 0 Å². The Kier molecular flexibility index (Phi) is 7.79. The molecule has 2 heterocycles. The summed E-state index contributed by atoms with van der Waals surface area (Å²) in [6.45, 7) is 21.6. The molecule has 0 aliphatic heterocycles. The van der Waals surface area contributed by atoms with Crippen LogP contribution in [0.2, 0.25) is 0 Å². The summed E-state index contributed by atoms with van der Waals surface area (Å²) in [5.41, 5.74) is 0. The Bertz CT molecular complexity index is 740. The van der Waals surface area contributed by atoms with Crippen molar-refractivity contribution < 1.29 is 0 Å². The van der Waals surface area contributed by atoms with Gasteiger partial charge in [-0.15, -0.1) is 0 Å². The Labute approximate surface area is 171 Å². The molecule has 6 heteroatoms. The lowest BCUT2D eigenvalue weighted by atomic mass is 9.97. The lowest BCUT2D eigenvalue weighted by Crippen LogP contribution is -2.13. The van der Waals surface area contributed by atoms with Gasteiger partial charge in [0, 0.05) is 36.8 Å². The maximum atomic E-state index is 4.88. The van der Waals surface area contributed by atoms with E-state index in [-0.39, 0.29) is 0 Å². The first-order valence-electron chi connectivity index (χ1n) is 11.0. The molecule has 0 saturated carbocycles. The summed E-state index contributed by atoms with van der Waals surface area (Å²) in [5.74, 6) is 6.19. The smallest absolute Gasteiger partial charge is 0.153 e. The molecule has 158 valence electrons. The second kappa shape index (κ2) is 9.66. The van der Waals surface area contributed by atoms with Crippen LogP contribution in [0.1, 0.15) is 122 Å². The van der Waals surface area contributed by atoms with Gasteiger partial charge in [-0.3, -0.25) is 0 Å². The van der Waals surface area contributed by atoms with E-state index in [1.807, 2.05) is 4.68 Å². The van der Waals surface area contributed by atoms with Crippen LogP contribution in [0, 0.1) is 5.92 Å². The quantitative estimate of drug-likeness (QED) is 0.541. The summed E-state index contributed by atoms with van der Waals surface area (Å²) >= 11 is 0. The molecule has 2 unspecified atom stereocenters. The van der Waals surface area contributed by atoms with Gasteiger partial charge >= 0.3 is 0 Å². The Morgan fingerprint density at radius 3 is 1.75 bits per heavy atom. The third-order valence-electron chi connectivity index (χ3n) is 5.22. The molecule has 2 rings (SSSR count). The zero-order chi connectivity index (χ0) is 21.0. The van der Waals surface area contributed by atoms with Crippen LogP contribution in [0.3, 0.4) is 0 Å². The van der Waals surface area contributed by atoms with Crippen LogP contribution in [0.25, 0.3) is 0 Å². The molecule has 0 fully saturated rings. The molecule has 2 aromatic rings. The summed E-state index contributed by atoms with van der Waals surface area (Å²) in [5, 5.41) is 9.54. The molecule has 2 aromatic heterocycles. The highest BCUT2D eigenvalue weighted by Crippen LogP contribution is 2.27. The van der Waals surface area contributed by atoms with Crippen molar-refractivity contribution in [3.05, 3.63) is 23.3 Å². The zero-order valence-electron chi connectivity index (χ0n) is 19.4. The molecule has 0 amide bonds. The number of nitrogens with zero attached hydrogens (tertiary/aromatic N) is 6. The fraction of sp³-hybridized carbons (Fsp3) is 0.818. The van der Waals surface area contributed by atoms with Gasteiger partial charge in [0.05, 0.1) is 0 Å². The summed E-state index contributed by atoms with van der Waals surface area (Å²) in [6.07, 6.45) is 2.12. The molecule has 0 spiro atoms. The molecular weight excluding hydrogens is 348 g/mol. The Morgan fingerprint density at radius 1 is 0.679 bits per heavy atom. The molecule has 0 aliphatic carbocycles. The van der Waals surface area contributed by atoms with E-state index in [9.17, 15) is 0 Å².